The molecular formula is C14H24NNaO3. The van der Waals surface area contributed by atoms with Gasteiger partial charge in [0.05, 0.1) is 0 Å². The Labute approximate surface area is 138 Å². The molecule has 5 heteroatoms. The average Bonchev–Trinajstić information content (AvgIpc) is 2.32. The SMILES string of the molecule is C=CCCCCCCCCC([O-])=N[C@@H](C)C(=O)O.[Na+]. The van der Waals surface area contributed by atoms with Gasteiger partial charge in [-0.3, -0.25) is 4.99 Å². The summed E-state index contributed by atoms with van der Waals surface area (Å²) in [5.74, 6) is -1.35. The molecule has 0 aliphatic heterocycles. The summed E-state index contributed by atoms with van der Waals surface area (Å²) >= 11 is 0. The van der Waals surface area contributed by atoms with Crippen LogP contribution in [0.1, 0.15) is 58.3 Å². The van der Waals surface area contributed by atoms with Gasteiger partial charge in [-0.15, -0.1) is 6.58 Å². The van der Waals surface area contributed by atoms with E-state index in [9.17, 15) is 9.90 Å². The largest absolute Gasteiger partial charge is 1.00 e. The summed E-state index contributed by atoms with van der Waals surface area (Å²) in [7, 11) is 0. The zero-order chi connectivity index (χ0) is 13.8. The number of carbonyl (C=O) groups is 1. The maximum Gasteiger partial charge on any atom is 1.00 e. The predicted molar refractivity (Wildman–Crippen MR) is 71.7 cm³/mol. The number of unbranched alkanes of at least 4 members (excludes halogenated alkanes) is 6. The van der Waals surface area contributed by atoms with Crippen molar-refractivity contribution < 1.29 is 44.6 Å². The Morgan fingerprint density at radius 1 is 1.26 bits per heavy atom. The second-order valence-corrected chi connectivity index (χ2v) is 4.49. The summed E-state index contributed by atoms with van der Waals surface area (Å²) in [4.78, 5) is 14.1. The van der Waals surface area contributed by atoms with Crippen molar-refractivity contribution in [2.24, 2.45) is 4.99 Å². The van der Waals surface area contributed by atoms with Gasteiger partial charge in [-0.1, -0.05) is 31.8 Å². The third-order valence-electron chi connectivity index (χ3n) is 2.74. The maximum atomic E-state index is 11.3. The van der Waals surface area contributed by atoms with Gasteiger partial charge in [0.25, 0.3) is 0 Å². The summed E-state index contributed by atoms with van der Waals surface area (Å²) in [6.07, 6.45) is 9.89. The van der Waals surface area contributed by atoms with Crippen LogP contribution in [0.5, 0.6) is 0 Å². The Hall–Kier alpha value is -0.320. The van der Waals surface area contributed by atoms with E-state index in [1.165, 1.54) is 26.2 Å². The van der Waals surface area contributed by atoms with Crippen molar-refractivity contribution in [1.82, 2.24) is 0 Å². The second-order valence-electron chi connectivity index (χ2n) is 4.49. The fourth-order valence-electron chi connectivity index (χ4n) is 1.61. The number of carboxylic acid groups (broad SMARTS) is 1. The zero-order valence-corrected chi connectivity index (χ0v) is 14.2. The van der Waals surface area contributed by atoms with Gasteiger partial charge in [0.1, 0.15) is 6.04 Å². The van der Waals surface area contributed by atoms with Crippen molar-refractivity contribution in [1.29, 1.82) is 0 Å². The number of aliphatic carboxylic acids is 1. The Bertz CT molecular complexity index is 280. The zero-order valence-electron chi connectivity index (χ0n) is 12.2. The molecule has 0 bridgehead atoms. The molecule has 4 nitrogen and oxygen atoms in total. The first-order chi connectivity index (χ1) is 8.57. The van der Waals surface area contributed by atoms with Gasteiger partial charge in [0.2, 0.25) is 0 Å². The van der Waals surface area contributed by atoms with Crippen LogP contribution in [0.2, 0.25) is 0 Å². The van der Waals surface area contributed by atoms with E-state index in [1.54, 1.807) is 0 Å². The quantitative estimate of drug-likeness (QED) is 0.182. The van der Waals surface area contributed by atoms with Crippen molar-refractivity contribution in [3.8, 4) is 0 Å². The molecule has 0 amide bonds. The molecule has 0 radical (unpaired) electrons. The maximum absolute atomic E-state index is 11.3. The molecule has 0 aromatic heterocycles. The van der Waals surface area contributed by atoms with Gasteiger partial charge in [-0.05, 0) is 38.5 Å². The Morgan fingerprint density at radius 3 is 2.32 bits per heavy atom. The molecule has 0 aromatic rings. The third-order valence-corrected chi connectivity index (χ3v) is 2.74. The molecule has 1 N–H and O–H groups in total. The van der Waals surface area contributed by atoms with Crippen LogP contribution >= 0.6 is 0 Å². The number of hydrogen-bond acceptors (Lipinski definition) is 3. The number of aliphatic imine (C=N–C) groups is 1. The van der Waals surface area contributed by atoms with Crippen LogP contribution in [0.4, 0.5) is 0 Å². The van der Waals surface area contributed by atoms with Gasteiger partial charge in [0, 0.05) is 0 Å². The second kappa shape index (κ2) is 14.1. The molecule has 104 valence electrons. The fraction of sp³-hybridized carbons (Fsp3) is 0.714. The Morgan fingerprint density at radius 2 is 1.79 bits per heavy atom. The van der Waals surface area contributed by atoms with Crippen molar-refractivity contribution in [2.75, 3.05) is 0 Å². The van der Waals surface area contributed by atoms with Crippen molar-refractivity contribution >= 4 is 11.9 Å². The van der Waals surface area contributed by atoms with E-state index < -0.39 is 12.0 Å². The monoisotopic (exact) mass is 277 g/mol. The number of rotatable bonds is 11. The first-order valence-corrected chi connectivity index (χ1v) is 6.65. The normalized spacial score (nSPS) is 12.6. The molecule has 0 heterocycles. The number of allylic oxidation sites excluding steroid dienone is 1. The van der Waals surface area contributed by atoms with Crippen LogP contribution < -0.4 is 34.7 Å². The average molecular weight is 277 g/mol. The van der Waals surface area contributed by atoms with Crippen LogP contribution in [0.25, 0.3) is 0 Å². The van der Waals surface area contributed by atoms with E-state index >= 15 is 0 Å². The fourth-order valence-corrected chi connectivity index (χ4v) is 1.61. The number of hydrogen-bond donors (Lipinski definition) is 1. The standard InChI is InChI=1S/C14H25NO3.Na/c1-3-4-5-6-7-8-9-10-11-13(16)15-12(2)14(17)18;/h3,12H,1,4-11H2,2H3,(H,15,16)(H,17,18);/q;+1/p-1/t12-;/m0./s1. The predicted octanol–water partition coefficient (Wildman–Crippen LogP) is -0.471. The van der Waals surface area contributed by atoms with Crippen molar-refractivity contribution in [2.45, 2.75) is 64.3 Å². The molecule has 0 aliphatic rings. The molecule has 0 fully saturated rings. The Balaban J connectivity index is 0. The van der Waals surface area contributed by atoms with Crippen molar-refractivity contribution in [3.05, 3.63) is 12.7 Å². The van der Waals surface area contributed by atoms with E-state index in [0.717, 1.165) is 25.7 Å². The molecule has 0 aromatic carbocycles. The number of carboxylic acids is 1. The minimum Gasteiger partial charge on any atom is -0.862 e. The molecule has 0 spiro atoms. The van der Waals surface area contributed by atoms with Crippen LogP contribution in [0, 0.1) is 0 Å². The van der Waals surface area contributed by atoms with Gasteiger partial charge < -0.3 is 10.2 Å². The Kier molecular flexibility index (Phi) is 15.6. The van der Waals surface area contributed by atoms with Crippen LogP contribution in [0.3, 0.4) is 0 Å². The summed E-state index contributed by atoms with van der Waals surface area (Å²) < 4.78 is 0. The van der Waals surface area contributed by atoms with E-state index in [2.05, 4.69) is 11.6 Å². The molecular weight excluding hydrogens is 253 g/mol. The first-order valence-electron chi connectivity index (χ1n) is 6.65. The minimum absolute atomic E-state index is 0. The minimum atomic E-state index is -1.05. The van der Waals surface area contributed by atoms with Gasteiger partial charge in [0.15, 0.2) is 0 Å². The number of nitrogens with zero attached hydrogens (tertiary/aromatic N) is 1. The van der Waals surface area contributed by atoms with Crippen molar-refractivity contribution in [3.63, 3.8) is 0 Å². The van der Waals surface area contributed by atoms with Gasteiger partial charge in [-0.2, -0.15) is 0 Å². The summed E-state index contributed by atoms with van der Waals surface area (Å²) in [6.45, 7) is 5.09. The smallest absolute Gasteiger partial charge is 0.862 e. The van der Waals surface area contributed by atoms with Gasteiger partial charge in [-0.25, -0.2) is 4.79 Å². The topological polar surface area (TPSA) is 72.7 Å². The van der Waals surface area contributed by atoms with E-state index in [-0.39, 0.29) is 35.5 Å². The third kappa shape index (κ3) is 13.9. The van der Waals surface area contributed by atoms with Crippen LogP contribution in [-0.2, 0) is 4.79 Å². The molecule has 0 aliphatic carbocycles. The molecule has 0 saturated carbocycles. The first kappa shape index (κ1) is 21.0. The molecule has 0 rings (SSSR count). The molecule has 19 heavy (non-hydrogen) atoms. The van der Waals surface area contributed by atoms with E-state index in [0.29, 0.717) is 6.42 Å². The van der Waals surface area contributed by atoms with Crippen LogP contribution in [0.15, 0.2) is 17.6 Å². The van der Waals surface area contributed by atoms with Crippen LogP contribution in [-0.4, -0.2) is 23.0 Å². The van der Waals surface area contributed by atoms with Gasteiger partial charge >= 0.3 is 35.5 Å². The van der Waals surface area contributed by atoms with E-state index in [1.807, 2.05) is 6.08 Å². The molecule has 1 atom stereocenters. The molecule has 0 saturated heterocycles. The summed E-state index contributed by atoms with van der Waals surface area (Å²) in [5, 5.41) is 19.9. The summed E-state index contributed by atoms with van der Waals surface area (Å²) in [5.41, 5.74) is 0. The summed E-state index contributed by atoms with van der Waals surface area (Å²) in [6, 6.07) is -0.920. The van der Waals surface area contributed by atoms with E-state index in [4.69, 9.17) is 5.11 Å². The molecule has 0 unspecified atom stereocenters.